The molecular formula is C17H15N3OS. The Balaban J connectivity index is 1.77. The van der Waals surface area contributed by atoms with Gasteiger partial charge in [0.2, 0.25) is 0 Å². The van der Waals surface area contributed by atoms with Gasteiger partial charge in [0, 0.05) is 5.56 Å². The Kier molecular flexibility index (Phi) is 4.34. The number of carbonyl (C=O) groups is 1. The first kappa shape index (κ1) is 14.5. The number of rotatable bonds is 5. The summed E-state index contributed by atoms with van der Waals surface area (Å²) in [6.45, 7) is 2.04. The van der Waals surface area contributed by atoms with Crippen molar-refractivity contribution in [3.05, 3.63) is 72.1 Å². The highest BCUT2D eigenvalue weighted by Gasteiger charge is 2.12. The second kappa shape index (κ2) is 6.58. The van der Waals surface area contributed by atoms with Gasteiger partial charge in [-0.3, -0.25) is 9.36 Å². The van der Waals surface area contributed by atoms with Crippen molar-refractivity contribution < 1.29 is 4.79 Å². The fourth-order valence-corrected chi connectivity index (χ4v) is 2.98. The minimum absolute atomic E-state index is 0.0879. The molecule has 0 radical (unpaired) electrons. The Hall–Kier alpha value is -2.40. The lowest BCUT2D eigenvalue weighted by Gasteiger charge is -2.08. The number of hydrogen-bond acceptors (Lipinski definition) is 4. The molecule has 0 saturated carbocycles. The molecule has 2 aromatic carbocycles. The molecule has 0 amide bonds. The van der Waals surface area contributed by atoms with Gasteiger partial charge in [0.05, 0.1) is 11.4 Å². The van der Waals surface area contributed by atoms with Crippen LogP contribution in [-0.4, -0.2) is 26.3 Å². The normalized spacial score (nSPS) is 10.6. The molecule has 0 saturated heterocycles. The van der Waals surface area contributed by atoms with Crippen LogP contribution in [0.1, 0.15) is 15.9 Å². The molecule has 0 spiro atoms. The fraction of sp³-hybridized carbons (Fsp3) is 0.118. The van der Waals surface area contributed by atoms with Crippen molar-refractivity contribution in [3.8, 4) is 5.69 Å². The number of hydrogen-bond donors (Lipinski definition) is 0. The highest BCUT2D eigenvalue weighted by Crippen LogP contribution is 2.22. The van der Waals surface area contributed by atoms with Gasteiger partial charge in [-0.1, -0.05) is 60.3 Å². The van der Waals surface area contributed by atoms with Gasteiger partial charge in [0.1, 0.15) is 6.33 Å². The SMILES string of the molecule is Cc1ccccc1-n1cnnc1SCC(=O)c1ccccc1. The van der Waals surface area contributed by atoms with E-state index in [-0.39, 0.29) is 5.78 Å². The maximum atomic E-state index is 12.2. The van der Waals surface area contributed by atoms with Gasteiger partial charge in [-0.05, 0) is 18.6 Å². The summed E-state index contributed by atoms with van der Waals surface area (Å²) in [4.78, 5) is 12.2. The van der Waals surface area contributed by atoms with E-state index < -0.39 is 0 Å². The molecule has 3 aromatic rings. The molecule has 0 N–H and O–H groups in total. The third-order valence-electron chi connectivity index (χ3n) is 3.32. The van der Waals surface area contributed by atoms with E-state index >= 15 is 0 Å². The number of benzene rings is 2. The van der Waals surface area contributed by atoms with Crippen LogP contribution in [0.15, 0.2) is 66.1 Å². The fourth-order valence-electron chi connectivity index (χ4n) is 2.16. The number of thioether (sulfide) groups is 1. The molecule has 110 valence electrons. The Morgan fingerprint density at radius 1 is 1.09 bits per heavy atom. The Labute approximate surface area is 133 Å². The van der Waals surface area contributed by atoms with E-state index in [2.05, 4.69) is 10.2 Å². The van der Waals surface area contributed by atoms with Gasteiger partial charge in [-0.2, -0.15) is 0 Å². The number of ketones is 1. The van der Waals surface area contributed by atoms with Crippen molar-refractivity contribution in [3.63, 3.8) is 0 Å². The van der Waals surface area contributed by atoms with E-state index in [0.717, 1.165) is 22.0 Å². The second-order valence-corrected chi connectivity index (χ2v) is 5.79. The molecule has 0 unspecified atom stereocenters. The predicted molar refractivity (Wildman–Crippen MR) is 87.6 cm³/mol. The molecule has 1 heterocycles. The maximum Gasteiger partial charge on any atom is 0.196 e. The first-order valence-corrected chi connectivity index (χ1v) is 7.91. The molecule has 0 bridgehead atoms. The molecule has 5 heteroatoms. The molecule has 0 fully saturated rings. The number of aromatic nitrogens is 3. The summed E-state index contributed by atoms with van der Waals surface area (Å²) in [6, 6.07) is 17.3. The Bertz CT molecular complexity index is 783. The molecule has 3 rings (SSSR count). The van der Waals surface area contributed by atoms with Gasteiger partial charge < -0.3 is 0 Å². The average molecular weight is 309 g/mol. The zero-order valence-electron chi connectivity index (χ0n) is 12.1. The largest absolute Gasteiger partial charge is 0.293 e. The van der Waals surface area contributed by atoms with Crippen LogP contribution in [0.25, 0.3) is 5.69 Å². The van der Waals surface area contributed by atoms with Crippen molar-refractivity contribution in [1.82, 2.24) is 14.8 Å². The van der Waals surface area contributed by atoms with Gasteiger partial charge >= 0.3 is 0 Å². The van der Waals surface area contributed by atoms with Crippen molar-refractivity contribution in [2.45, 2.75) is 12.1 Å². The monoisotopic (exact) mass is 309 g/mol. The third kappa shape index (κ3) is 3.09. The zero-order chi connectivity index (χ0) is 15.4. The van der Waals surface area contributed by atoms with Gasteiger partial charge in [-0.15, -0.1) is 10.2 Å². The molecule has 22 heavy (non-hydrogen) atoms. The molecule has 0 atom stereocenters. The molecular weight excluding hydrogens is 294 g/mol. The summed E-state index contributed by atoms with van der Waals surface area (Å²) >= 11 is 1.40. The standard InChI is InChI=1S/C17H15N3OS/c1-13-7-5-6-10-15(13)20-12-18-19-17(20)22-11-16(21)14-8-3-2-4-9-14/h2-10,12H,11H2,1H3. The number of aryl methyl sites for hydroxylation is 1. The van der Waals surface area contributed by atoms with Gasteiger partial charge in [0.15, 0.2) is 10.9 Å². The lowest BCUT2D eigenvalue weighted by Crippen LogP contribution is -2.04. The molecule has 1 aromatic heterocycles. The van der Waals surface area contributed by atoms with E-state index in [1.807, 2.05) is 66.1 Å². The summed E-state index contributed by atoms with van der Waals surface area (Å²) in [7, 11) is 0. The van der Waals surface area contributed by atoms with Gasteiger partial charge in [0.25, 0.3) is 0 Å². The number of Topliss-reactive ketones (excluding diaryl/α,β-unsaturated/α-hetero) is 1. The smallest absolute Gasteiger partial charge is 0.196 e. The molecule has 4 nitrogen and oxygen atoms in total. The van der Waals surface area contributed by atoms with Crippen LogP contribution in [0, 0.1) is 6.92 Å². The Morgan fingerprint density at radius 3 is 2.59 bits per heavy atom. The predicted octanol–water partition coefficient (Wildman–Crippen LogP) is 3.55. The van der Waals surface area contributed by atoms with Crippen molar-refractivity contribution in [2.24, 2.45) is 0 Å². The lowest BCUT2D eigenvalue weighted by molar-refractivity contribution is 0.102. The van der Waals surface area contributed by atoms with Crippen LogP contribution in [0.2, 0.25) is 0 Å². The van der Waals surface area contributed by atoms with Crippen LogP contribution in [0.4, 0.5) is 0 Å². The highest BCUT2D eigenvalue weighted by molar-refractivity contribution is 7.99. The summed E-state index contributed by atoms with van der Waals surface area (Å²) in [6.07, 6.45) is 1.68. The van der Waals surface area contributed by atoms with Crippen LogP contribution in [-0.2, 0) is 0 Å². The molecule has 0 aliphatic carbocycles. The number of carbonyl (C=O) groups excluding carboxylic acids is 1. The van der Waals surface area contributed by atoms with Crippen LogP contribution >= 0.6 is 11.8 Å². The van der Waals surface area contributed by atoms with Gasteiger partial charge in [-0.25, -0.2) is 0 Å². The van der Waals surface area contributed by atoms with Crippen molar-refractivity contribution in [2.75, 3.05) is 5.75 Å². The summed E-state index contributed by atoms with van der Waals surface area (Å²) in [5, 5.41) is 8.82. The highest BCUT2D eigenvalue weighted by atomic mass is 32.2. The third-order valence-corrected chi connectivity index (χ3v) is 4.26. The zero-order valence-corrected chi connectivity index (χ0v) is 13.0. The summed E-state index contributed by atoms with van der Waals surface area (Å²) in [5.74, 6) is 0.430. The molecule has 0 aliphatic heterocycles. The van der Waals surface area contributed by atoms with Crippen LogP contribution in [0.5, 0.6) is 0 Å². The topological polar surface area (TPSA) is 47.8 Å². The van der Waals surface area contributed by atoms with E-state index in [9.17, 15) is 4.79 Å². The number of para-hydroxylation sites is 1. The first-order chi connectivity index (χ1) is 10.8. The van der Waals surface area contributed by atoms with Crippen LogP contribution < -0.4 is 0 Å². The second-order valence-electron chi connectivity index (χ2n) is 4.85. The summed E-state index contributed by atoms with van der Waals surface area (Å²) in [5.41, 5.74) is 2.89. The lowest BCUT2D eigenvalue weighted by atomic mass is 10.2. The van der Waals surface area contributed by atoms with Crippen molar-refractivity contribution >= 4 is 17.5 Å². The number of nitrogens with zero attached hydrogens (tertiary/aromatic N) is 3. The minimum atomic E-state index is 0.0879. The quantitative estimate of drug-likeness (QED) is 0.534. The minimum Gasteiger partial charge on any atom is -0.293 e. The van der Waals surface area contributed by atoms with E-state index in [1.165, 1.54) is 11.8 Å². The summed E-state index contributed by atoms with van der Waals surface area (Å²) < 4.78 is 1.91. The van der Waals surface area contributed by atoms with E-state index in [4.69, 9.17) is 0 Å². The first-order valence-electron chi connectivity index (χ1n) is 6.93. The Morgan fingerprint density at radius 2 is 1.82 bits per heavy atom. The maximum absolute atomic E-state index is 12.2. The average Bonchev–Trinajstić information content (AvgIpc) is 3.02. The van der Waals surface area contributed by atoms with E-state index in [0.29, 0.717) is 5.75 Å². The molecule has 0 aliphatic rings. The van der Waals surface area contributed by atoms with Crippen molar-refractivity contribution in [1.29, 1.82) is 0 Å². The van der Waals surface area contributed by atoms with E-state index in [1.54, 1.807) is 6.33 Å². The van der Waals surface area contributed by atoms with Crippen LogP contribution in [0.3, 0.4) is 0 Å².